The average molecular weight is 370 g/mol. The van der Waals surface area contributed by atoms with E-state index in [9.17, 15) is 4.79 Å². The van der Waals surface area contributed by atoms with E-state index in [4.69, 9.17) is 0 Å². The molecule has 1 saturated heterocycles. The van der Waals surface area contributed by atoms with Crippen molar-refractivity contribution in [1.82, 2.24) is 10.4 Å². The Kier molecular flexibility index (Phi) is 5.83. The molecule has 0 saturated carbocycles. The maximum Gasteiger partial charge on any atom is 0.266 e. The van der Waals surface area contributed by atoms with Crippen LogP contribution in [0.15, 0.2) is 84.9 Å². The highest BCUT2D eigenvalue weighted by Gasteiger charge is 2.25. The van der Waals surface area contributed by atoms with Gasteiger partial charge in [-0.2, -0.15) is 0 Å². The number of piperidine rings is 1. The number of hydrazine groups is 1. The van der Waals surface area contributed by atoms with Crippen LogP contribution in [0.3, 0.4) is 0 Å². The predicted octanol–water partition coefficient (Wildman–Crippen LogP) is 5.10. The highest BCUT2D eigenvalue weighted by molar-refractivity contribution is 6.00. The first-order chi connectivity index (χ1) is 13.8. The lowest BCUT2D eigenvalue weighted by atomic mass is 9.97. The minimum absolute atomic E-state index is 0.0283. The summed E-state index contributed by atoms with van der Waals surface area (Å²) >= 11 is 0. The summed E-state index contributed by atoms with van der Waals surface area (Å²) in [6, 6.07) is 28.8. The van der Waals surface area contributed by atoms with E-state index in [0.717, 1.165) is 42.5 Å². The van der Waals surface area contributed by atoms with Crippen LogP contribution in [0.25, 0.3) is 11.1 Å². The third kappa shape index (κ3) is 4.32. The highest BCUT2D eigenvalue weighted by atomic mass is 16.2. The van der Waals surface area contributed by atoms with E-state index in [1.54, 1.807) is 0 Å². The zero-order chi connectivity index (χ0) is 19.2. The summed E-state index contributed by atoms with van der Waals surface area (Å²) in [5.74, 6) is -0.0283. The van der Waals surface area contributed by atoms with Crippen LogP contribution in [0.4, 0.5) is 0 Å². The van der Waals surface area contributed by atoms with Gasteiger partial charge < -0.3 is 0 Å². The molecule has 0 radical (unpaired) electrons. The molecule has 0 spiro atoms. The van der Waals surface area contributed by atoms with Gasteiger partial charge in [-0.25, -0.2) is 5.01 Å². The van der Waals surface area contributed by atoms with Crippen LogP contribution < -0.4 is 5.43 Å². The molecule has 1 fully saturated rings. The Bertz CT molecular complexity index is 908. The molecule has 1 aliphatic heterocycles. The third-order valence-corrected chi connectivity index (χ3v) is 5.44. The first-order valence-corrected chi connectivity index (χ1v) is 10.1. The van der Waals surface area contributed by atoms with Crippen molar-refractivity contribution in [3.05, 3.63) is 96.1 Å². The molecule has 0 aromatic heterocycles. The molecule has 3 aromatic rings. The number of carbonyl (C=O) groups excluding carboxylic acids is 1. The molecule has 3 aromatic carbocycles. The van der Waals surface area contributed by atoms with E-state index < -0.39 is 0 Å². The standard InChI is InChI=1S/C25H26N2O/c28-25(24-17-8-7-16-23(24)21-13-5-2-6-14-21)26-27-18-10-9-15-22(27)19-20-11-3-1-4-12-20/h1-8,11-14,16-17,22H,9-10,15,18-19H2,(H,26,28). The largest absolute Gasteiger partial charge is 0.284 e. The number of rotatable bonds is 5. The summed E-state index contributed by atoms with van der Waals surface area (Å²) in [5, 5.41) is 2.15. The Morgan fingerprint density at radius 3 is 2.32 bits per heavy atom. The van der Waals surface area contributed by atoms with E-state index in [0.29, 0.717) is 6.04 Å². The molecule has 3 nitrogen and oxygen atoms in total. The van der Waals surface area contributed by atoms with Crippen molar-refractivity contribution >= 4 is 5.91 Å². The number of nitrogens with one attached hydrogen (secondary N) is 1. The van der Waals surface area contributed by atoms with Gasteiger partial charge in [-0.1, -0.05) is 85.3 Å². The smallest absolute Gasteiger partial charge is 0.266 e. The van der Waals surface area contributed by atoms with Gasteiger partial charge in [0.15, 0.2) is 0 Å². The minimum Gasteiger partial charge on any atom is -0.284 e. The second kappa shape index (κ2) is 8.85. The Morgan fingerprint density at radius 2 is 1.54 bits per heavy atom. The van der Waals surface area contributed by atoms with Crippen molar-refractivity contribution < 1.29 is 4.79 Å². The van der Waals surface area contributed by atoms with Crippen LogP contribution in [0, 0.1) is 0 Å². The fourth-order valence-electron chi connectivity index (χ4n) is 3.99. The van der Waals surface area contributed by atoms with E-state index >= 15 is 0 Å². The summed E-state index contributed by atoms with van der Waals surface area (Å²) in [6.45, 7) is 0.900. The van der Waals surface area contributed by atoms with Gasteiger partial charge in [0, 0.05) is 18.2 Å². The van der Waals surface area contributed by atoms with Crippen LogP contribution in [0.5, 0.6) is 0 Å². The monoisotopic (exact) mass is 370 g/mol. The zero-order valence-corrected chi connectivity index (χ0v) is 16.1. The Hall–Kier alpha value is -2.91. The van der Waals surface area contributed by atoms with Gasteiger partial charge in [0.2, 0.25) is 0 Å². The van der Waals surface area contributed by atoms with Crippen molar-refractivity contribution in [2.75, 3.05) is 6.54 Å². The second-order valence-corrected chi connectivity index (χ2v) is 7.39. The average Bonchev–Trinajstić information content (AvgIpc) is 2.76. The second-order valence-electron chi connectivity index (χ2n) is 7.39. The number of hydrogen-bond acceptors (Lipinski definition) is 2. The zero-order valence-electron chi connectivity index (χ0n) is 16.1. The first-order valence-electron chi connectivity index (χ1n) is 10.1. The van der Waals surface area contributed by atoms with Gasteiger partial charge in [0.1, 0.15) is 0 Å². The molecule has 4 rings (SSSR count). The molecule has 1 amide bonds. The molecule has 0 bridgehead atoms. The quantitative estimate of drug-likeness (QED) is 0.678. The van der Waals surface area contributed by atoms with Gasteiger partial charge in [0.25, 0.3) is 5.91 Å². The lowest BCUT2D eigenvalue weighted by molar-refractivity contribution is 0.0574. The maximum atomic E-state index is 13.2. The van der Waals surface area contributed by atoms with Crippen molar-refractivity contribution in [3.63, 3.8) is 0 Å². The Labute approximate surface area is 167 Å². The van der Waals surface area contributed by atoms with E-state index in [-0.39, 0.29) is 5.91 Å². The van der Waals surface area contributed by atoms with Gasteiger partial charge in [-0.3, -0.25) is 10.2 Å². The molecule has 142 valence electrons. The summed E-state index contributed by atoms with van der Waals surface area (Å²) in [5.41, 5.74) is 7.28. The molecule has 1 atom stereocenters. The van der Waals surface area contributed by atoms with Crippen LogP contribution in [0.1, 0.15) is 35.2 Å². The third-order valence-electron chi connectivity index (χ3n) is 5.44. The van der Waals surface area contributed by atoms with Crippen LogP contribution >= 0.6 is 0 Å². The lowest BCUT2D eigenvalue weighted by Gasteiger charge is -2.36. The van der Waals surface area contributed by atoms with Gasteiger partial charge in [-0.15, -0.1) is 0 Å². The SMILES string of the molecule is O=C(NN1CCCCC1Cc1ccccc1)c1ccccc1-c1ccccc1. The van der Waals surface area contributed by atoms with Crippen molar-refractivity contribution in [2.24, 2.45) is 0 Å². The topological polar surface area (TPSA) is 32.3 Å². The highest BCUT2D eigenvalue weighted by Crippen LogP contribution is 2.24. The number of hydrogen-bond donors (Lipinski definition) is 1. The van der Waals surface area contributed by atoms with Crippen LogP contribution in [0.2, 0.25) is 0 Å². The lowest BCUT2D eigenvalue weighted by Crippen LogP contribution is -2.51. The van der Waals surface area contributed by atoms with Crippen LogP contribution in [-0.4, -0.2) is 23.5 Å². The molecule has 1 heterocycles. The number of nitrogens with zero attached hydrogens (tertiary/aromatic N) is 1. The minimum atomic E-state index is -0.0283. The van der Waals surface area contributed by atoms with Crippen molar-refractivity contribution in [1.29, 1.82) is 0 Å². The fraction of sp³-hybridized carbons (Fsp3) is 0.240. The normalized spacial score (nSPS) is 17.2. The first kappa shape index (κ1) is 18.5. The maximum absolute atomic E-state index is 13.2. The molecular weight excluding hydrogens is 344 g/mol. The number of carbonyl (C=O) groups is 1. The van der Waals surface area contributed by atoms with Crippen molar-refractivity contribution in [2.45, 2.75) is 31.7 Å². The van der Waals surface area contributed by atoms with Crippen molar-refractivity contribution in [3.8, 4) is 11.1 Å². The summed E-state index contributed by atoms with van der Waals surface area (Å²) in [7, 11) is 0. The van der Waals surface area contributed by atoms with Gasteiger partial charge in [0.05, 0.1) is 0 Å². The molecule has 0 aliphatic carbocycles. The van der Waals surface area contributed by atoms with Crippen LogP contribution in [-0.2, 0) is 6.42 Å². The fourth-order valence-corrected chi connectivity index (χ4v) is 3.99. The number of amides is 1. The van der Waals surface area contributed by atoms with E-state index in [1.165, 1.54) is 12.0 Å². The number of benzene rings is 3. The summed E-state index contributed by atoms with van der Waals surface area (Å²) < 4.78 is 0. The van der Waals surface area contributed by atoms with Gasteiger partial charge in [-0.05, 0) is 42.0 Å². The molecule has 1 N–H and O–H groups in total. The van der Waals surface area contributed by atoms with E-state index in [1.807, 2.05) is 60.7 Å². The van der Waals surface area contributed by atoms with Gasteiger partial charge >= 0.3 is 0 Å². The predicted molar refractivity (Wildman–Crippen MR) is 114 cm³/mol. The Morgan fingerprint density at radius 1 is 0.857 bits per heavy atom. The molecule has 1 unspecified atom stereocenters. The van der Waals surface area contributed by atoms with E-state index in [2.05, 4.69) is 34.7 Å². The molecule has 1 aliphatic rings. The molecule has 28 heavy (non-hydrogen) atoms. The molecule has 3 heteroatoms. The Balaban J connectivity index is 1.52. The summed E-state index contributed by atoms with van der Waals surface area (Å²) in [4.78, 5) is 13.2. The summed E-state index contributed by atoms with van der Waals surface area (Å²) in [6.07, 6.45) is 4.40. The molecular formula is C25H26N2O.